The molecule has 0 heterocycles. The van der Waals surface area contributed by atoms with E-state index >= 15 is 0 Å². The molecular weight excluding hydrogens is 620 g/mol. The minimum atomic E-state index is -0.784. The number of carbonyl (C=O) groups excluding carboxylic acids is 2. The first-order chi connectivity index (χ1) is 24.6. The van der Waals surface area contributed by atoms with E-state index in [4.69, 9.17) is 9.47 Å². The van der Waals surface area contributed by atoms with E-state index in [-0.39, 0.29) is 25.2 Å². The second-order valence-corrected chi connectivity index (χ2v) is 14.1. The van der Waals surface area contributed by atoms with Gasteiger partial charge in [0, 0.05) is 12.8 Å². The summed E-state index contributed by atoms with van der Waals surface area (Å²) >= 11 is 0. The Kier molecular flexibility index (Phi) is 39.5. The molecule has 0 aliphatic rings. The van der Waals surface area contributed by atoms with Crippen LogP contribution in [0.4, 0.5) is 0 Å². The molecule has 0 amide bonds. The molecule has 0 fully saturated rings. The molecule has 0 rings (SSSR count). The highest BCUT2D eigenvalue weighted by molar-refractivity contribution is 5.70. The molecule has 5 heteroatoms. The molecule has 290 valence electrons. The van der Waals surface area contributed by atoms with Gasteiger partial charge in [0.2, 0.25) is 0 Å². The van der Waals surface area contributed by atoms with Crippen LogP contribution in [0.5, 0.6) is 0 Å². The van der Waals surface area contributed by atoms with Crippen LogP contribution < -0.4 is 0 Å². The number of carbonyl (C=O) groups is 2. The molecule has 0 saturated carbocycles. The summed E-state index contributed by atoms with van der Waals surface area (Å²) in [6, 6.07) is 0. The number of hydrogen-bond acceptors (Lipinski definition) is 5. The zero-order valence-corrected chi connectivity index (χ0v) is 32.9. The maximum atomic E-state index is 12.2. The summed E-state index contributed by atoms with van der Waals surface area (Å²) in [5, 5.41) is 9.57. The molecule has 0 aliphatic heterocycles. The van der Waals surface area contributed by atoms with Crippen LogP contribution in [-0.4, -0.2) is 36.4 Å². The summed E-state index contributed by atoms with van der Waals surface area (Å²) in [7, 11) is 0. The highest BCUT2D eigenvalue weighted by atomic mass is 16.6. The van der Waals surface area contributed by atoms with Gasteiger partial charge in [-0.25, -0.2) is 0 Å². The Morgan fingerprint density at radius 1 is 0.460 bits per heavy atom. The lowest BCUT2D eigenvalue weighted by atomic mass is 10.1. The van der Waals surface area contributed by atoms with Gasteiger partial charge in [-0.3, -0.25) is 9.59 Å². The molecule has 50 heavy (non-hydrogen) atoms. The summed E-state index contributed by atoms with van der Waals surface area (Å²) in [6.07, 6.45) is 51.7. The topological polar surface area (TPSA) is 72.8 Å². The van der Waals surface area contributed by atoms with Gasteiger partial charge in [0.05, 0.1) is 6.61 Å². The number of allylic oxidation sites excluding steroid dienone is 8. The van der Waals surface area contributed by atoms with E-state index in [1.165, 1.54) is 116 Å². The van der Waals surface area contributed by atoms with Crippen LogP contribution in [0, 0.1) is 0 Å². The minimum absolute atomic E-state index is 0.0761. The fraction of sp³-hybridized carbons (Fsp3) is 0.778. The molecule has 5 nitrogen and oxygen atoms in total. The number of esters is 2. The minimum Gasteiger partial charge on any atom is -0.462 e. The van der Waals surface area contributed by atoms with Crippen molar-refractivity contribution in [3.63, 3.8) is 0 Å². The Labute approximate surface area is 309 Å². The lowest BCUT2D eigenvalue weighted by Crippen LogP contribution is -2.28. The van der Waals surface area contributed by atoms with Crippen molar-refractivity contribution >= 4 is 11.9 Å². The predicted octanol–water partition coefficient (Wildman–Crippen LogP) is 13.4. The van der Waals surface area contributed by atoms with E-state index in [0.29, 0.717) is 12.8 Å². The lowest BCUT2D eigenvalue weighted by molar-refractivity contribution is -0.161. The highest BCUT2D eigenvalue weighted by Gasteiger charge is 2.16. The van der Waals surface area contributed by atoms with Gasteiger partial charge in [0.25, 0.3) is 0 Å². The lowest BCUT2D eigenvalue weighted by Gasteiger charge is -2.15. The van der Waals surface area contributed by atoms with Crippen molar-refractivity contribution in [3.8, 4) is 0 Å². The Hall–Kier alpha value is -2.14. The zero-order valence-electron chi connectivity index (χ0n) is 32.9. The van der Waals surface area contributed by atoms with Crippen molar-refractivity contribution in [2.75, 3.05) is 13.2 Å². The fourth-order valence-electron chi connectivity index (χ4n) is 5.85. The second-order valence-electron chi connectivity index (χ2n) is 14.1. The number of rotatable bonds is 38. The molecule has 0 unspecified atom stereocenters. The number of aliphatic hydroxyl groups excluding tert-OH is 1. The van der Waals surface area contributed by atoms with Gasteiger partial charge in [0.1, 0.15) is 6.61 Å². The number of ether oxygens (including phenoxy) is 2. The third-order valence-electron chi connectivity index (χ3n) is 9.10. The molecule has 0 saturated heterocycles. The van der Waals surface area contributed by atoms with E-state index in [2.05, 4.69) is 62.5 Å². The van der Waals surface area contributed by atoms with Crippen LogP contribution in [0.25, 0.3) is 0 Å². The maximum Gasteiger partial charge on any atom is 0.306 e. The predicted molar refractivity (Wildman–Crippen MR) is 214 cm³/mol. The molecule has 0 spiro atoms. The van der Waals surface area contributed by atoms with E-state index in [9.17, 15) is 14.7 Å². The van der Waals surface area contributed by atoms with E-state index in [1.54, 1.807) is 0 Å². The van der Waals surface area contributed by atoms with Crippen molar-refractivity contribution < 1.29 is 24.2 Å². The SMILES string of the molecule is CCCCC/C=C\C/C=C\C/C=C\CCCCCCC(=O)O[C@@H](CO)COC(=O)CCCCCCCCCCC/C=C\CCCCCCCC. The standard InChI is InChI=1S/C45H80O5/c1-3-5-7-9-11-13-15-17-19-21-22-24-25-27-29-31-33-35-37-39-44(47)49-42-43(41-46)50-45(48)40-38-36-34-32-30-28-26-23-20-18-16-14-12-10-8-6-4-2/h12,14,17-20,26,28,43,46H,3-11,13,15-16,21-25,27,29-42H2,1-2H3/b14-12-,19-17-,20-18-,28-26-/t43-/m0/s1. The van der Waals surface area contributed by atoms with Crippen LogP contribution in [-0.2, 0) is 19.1 Å². The average Bonchev–Trinajstić information content (AvgIpc) is 3.12. The monoisotopic (exact) mass is 701 g/mol. The molecule has 1 atom stereocenters. The Balaban J connectivity index is 3.58. The van der Waals surface area contributed by atoms with Crippen molar-refractivity contribution in [2.24, 2.45) is 0 Å². The van der Waals surface area contributed by atoms with Gasteiger partial charge in [-0.05, 0) is 77.0 Å². The zero-order chi connectivity index (χ0) is 36.4. The van der Waals surface area contributed by atoms with Crippen molar-refractivity contribution in [1.82, 2.24) is 0 Å². The Morgan fingerprint density at radius 3 is 1.26 bits per heavy atom. The fourth-order valence-corrected chi connectivity index (χ4v) is 5.85. The molecular formula is C45H80O5. The summed E-state index contributed by atoms with van der Waals surface area (Å²) < 4.78 is 10.6. The van der Waals surface area contributed by atoms with Crippen molar-refractivity contribution in [1.29, 1.82) is 0 Å². The van der Waals surface area contributed by atoms with Gasteiger partial charge in [0.15, 0.2) is 6.10 Å². The summed E-state index contributed by atoms with van der Waals surface area (Å²) in [4.78, 5) is 24.3. The van der Waals surface area contributed by atoms with Gasteiger partial charge < -0.3 is 14.6 Å². The number of aliphatic hydroxyl groups is 1. The quantitative estimate of drug-likeness (QED) is 0.0394. The van der Waals surface area contributed by atoms with E-state index in [1.807, 2.05) is 0 Å². The summed E-state index contributed by atoms with van der Waals surface area (Å²) in [5.41, 5.74) is 0. The second kappa shape index (κ2) is 41.3. The maximum absolute atomic E-state index is 12.2. The van der Waals surface area contributed by atoms with Crippen molar-refractivity contribution in [3.05, 3.63) is 48.6 Å². The third kappa shape index (κ3) is 38.7. The van der Waals surface area contributed by atoms with Gasteiger partial charge in [-0.15, -0.1) is 0 Å². The van der Waals surface area contributed by atoms with Crippen molar-refractivity contribution in [2.45, 2.75) is 213 Å². The largest absolute Gasteiger partial charge is 0.462 e. The van der Waals surface area contributed by atoms with Crippen LogP contribution in [0.15, 0.2) is 48.6 Å². The number of unbranched alkanes of at least 4 members (excludes halogenated alkanes) is 22. The first-order valence-electron chi connectivity index (χ1n) is 21.2. The van der Waals surface area contributed by atoms with Crippen LogP contribution >= 0.6 is 0 Å². The average molecular weight is 701 g/mol. The summed E-state index contributed by atoms with van der Waals surface area (Å²) in [6.45, 7) is 4.09. The van der Waals surface area contributed by atoms with Crippen LogP contribution in [0.1, 0.15) is 206 Å². The smallest absolute Gasteiger partial charge is 0.306 e. The molecule has 0 aliphatic carbocycles. The first kappa shape index (κ1) is 47.9. The summed E-state index contributed by atoms with van der Waals surface area (Å²) in [5.74, 6) is -0.617. The number of hydrogen-bond donors (Lipinski definition) is 1. The van der Waals surface area contributed by atoms with Crippen LogP contribution in [0.3, 0.4) is 0 Å². The highest BCUT2D eigenvalue weighted by Crippen LogP contribution is 2.13. The van der Waals surface area contributed by atoms with E-state index < -0.39 is 6.10 Å². The molecule has 0 aromatic rings. The van der Waals surface area contributed by atoms with Gasteiger partial charge >= 0.3 is 11.9 Å². The first-order valence-corrected chi connectivity index (χ1v) is 21.2. The molecule has 0 aromatic carbocycles. The van der Waals surface area contributed by atoms with E-state index in [0.717, 1.165) is 64.2 Å². The molecule has 0 bridgehead atoms. The third-order valence-corrected chi connectivity index (χ3v) is 9.10. The molecule has 1 N–H and O–H groups in total. The Bertz CT molecular complexity index is 842. The molecule has 0 aromatic heterocycles. The normalized spacial score (nSPS) is 12.6. The molecule has 0 radical (unpaired) electrons. The van der Waals surface area contributed by atoms with Crippen LogP contribution in [0.2, 0.25) is 0 Å². The Morgan fingerprint density at radius 2 is 0.800 bits per heavy atom. The van der Waals surface area contributed by atoms with Gasteiger partial charge in [-0.2, -0.15) is 0 Å². The van der Waals surface area contributed by atoms with Gasteiger partial charge in [-0.1, -0.05) is 165 Å².